The number of hydrogen-bond donors (Lipinski definition) is 2. The molecule has 0 radical (unpaired) electrons. The number of aliphatic carboxylic acids is 1. The minimum atomic E-state index is -1.47. The maximum atomic E-state index is 10.7. The Morgan fingerprint density at radius 1 is 1.25 bits per heavy atom. The number of rotatable bonds is 2. The van der Waals surface area contributed by atoms with E-state index >= 15 is 0 Å². The Hall–Kier alpha value is -1.36. The number of carbonyl (C=O) groups is 2. The molecule has 5 heteroatoms. The number of carboxylic acid groups (broad SMARTS) is 1. The Balaban J connectivity index is 0.00000106. The molecule has 0 aliphatic heterocycles. The van der Waals surface area contributed by atoms with E-state index in [0.29, 0.717) is 0 Å². The zero-order valence-corrected chi connectivity index (χ0v) is 10.7. The van der Waals surface area contributed by atoms with Crippen molar-refractivity contribution in [1.29, 1.82) is 0 Å². The van der Waals surface area contributed by atoms with Gasteiger partial charge in [0, 0.05) is 11.0 Å². The van der Waals surface area contributed by atoms with Crippen LogP contribution in [0.3, 0.4) is 0 Å². The van der Waals surface area contributed by atoms with Crippen molar-refractivity contribution in [3.8, 4) is 0 Å². The van der Waals surface area contributed by atoms with Crippen LogP contribution in [0.5, 0.6) is 0 Å². The lowest BCUT2D eigenvalue weighted by molar-refractivity contribution is -0.150. The zero-order valence-electron chi connectivity index (χ0n) is 9.16. The van der Waals surface area contributed by atoms with E-state index < -0.39 is 11.9 Å². The largest absolute Gasteiger partial charge is 0.474 e. The lowest BCUT2D eigenvalue weighted by atomic mass is 10.2. The van der Waals surface area contributed by atoms with Gasteiger partial charge in [-0.15, -0.1) is 0 Å². The van der Waals surface area contributed by atoms with E-state index in [1.165, 1.54) is 0 Å². The van der Waals surface area contributed by atoms with Crippen LogP contribution in [0.15, 0.2) is 28.7 Å². The van der Waals surface area contributed by atoms with Gasteiger partial charge in [0.1, 0.15) is 0 Å². The summed E-state index contributed by atoms with van der Waals surface area (Å²) in [4.78, 5) is 20.8. The molecule has 16 heavy (non-hydrogen) atoms. The van der Waals surface area contributed by atoms with Gasteiger partial charge in [0.15, 0.2) is 0 Å². The summed E-state index contributed by atoms with van der Waals surface area (Å²) in [6, 6.07) is 7.24. The van der Waals surface area contributed by atoms with Crippen LogP contribution >= 0.6 is 15.9 Å². The Morgan fingerprint density at radius 3 is 2.19 bits per heavy atom. The SMILES string of the molecule is CC.O=C(O)C(=O)NCc1ccc(Br)cc1. The molecule has 0 unspecified atom stereocenters. The first-order valence-electron chi connectivity index (χ1n) is 4.85. The van der Waals surface area contributed by atoms with Crippen molar-refractivity contribution >= 4 is 27.8 Å². The lowest BCUT2D eigenvalue weighted by Crippen LogP contribution is -2.29. The molecule has 0 heterocycles. The molecular formula is C11H14BrNO3. The van der Waals surface area contributed by atoms with E-state index in [-0.39, 0.29) is 6.54 Å². The minimum absolute atomic E-state index is 0.221. The van der Waals surface area contributed by atoms with Crippen LogP contribution in [-0.4, -0.2) is 17.0 Å². The molecule has 1 aromatic rings. The second-order valence-corrected chi connectivity index (χ2v) is 3.53. The fourth-order valence-electron chi connectivity index (χ4n) is 0.860. The summed E-state index contributed by atoms with van der Waals surface area (Å²) >= 11 is 3.27. The van der Waals surface area contributed by atoms with Crippen LogP contribution in [0.2, 0.25) is 0 Å². The fraction of sp³-hybridized carbons (Fsp3) is 0.273. The van der Waals surface area contributed by atoms with Crippen LogP contribution in [0.1, 0.15) is 19.4 Å². The first kappa shape index (κ1) is 14.6. The van der Waals surface area contributed by atoms with Crippen molar-refractivity contribution in [2.75, 3.05) is 0 Å². The van der Waals surface area contributed by atoms with Gasteiger partial charge in [-0.25, -0.2) is 4.79 Å². The van der Waals surface area contributed by atoms with Crippen molar-refractivity contribution in [2.45, 2.75) is 20.4 Å². The van der Waals surface area contributed by atoms with Gasteiger partial charge in [0.05, 0.1) is 0 Å². The molecule has 0 aliphatic carbocycles. The summed E-state index contributed by atoms with van der Waals surface area (Å²) < 4.78 is 0.936. The summed E-state index contributed by atoms with van der Waals surface area (Å²) in [5, 5.41) is 10.5. The number of nitrogens with one attached hydrogen (secondary N) is 1. The summed E-state index contributed by atoms with van der Waals surface area (Å²) in [6.07, 6.45) is 0. The number of halogens is 1. The highest BCUT2D eigenvalue weighted by Gasteiger charge is 2.09. The van der Waals surface area contributed by atoms with Gasteiger partial charge in [-0.2, -0.15) is 0 Å². The second-order valence-electron chi connectivity index (χ2n) is 2.61. The van der Waals surface area contributed by atoms with Crippen LogP contribution in [0, 0.1) is 0 Å². The quantitative estimate of drug-likeness (QED) is 0.820. The molecule has 1 amide bonds. The molecule has 0 atom stereocenters. The lowest BCUT2D eigenvalue weighted by Gasteiger charge is -2.01. The van der Waals surface area contributed by atoms with Crippen molar-refractivity contribution in [1.82, 2.24) is 5.32 Å². The molecule has 0 aliphatic rings. The molecule has 0 saturated carbocycles. The van der Waals surface area contributed by atoms with Crippen LogP contribution < -0.4 is 5.32 Å². The highest BCUT2D eigenvalue weighted by atomic mass is 79.9. The average molecular weight is 288 g/mol. The topological polar surface area (TPSA) is 66.4 Å². The third-order valence-corrected chi connectivity index (χ3v) is 2.09. The highest BCUT2D eigenvalue weighted by Crippen LogP contribution is 2.09. The second kappa shape index (κ2) is 7.87. The van der Waals surface area contributed by atoms with Crippen LogP contribution in [0.4, 0.5) is 0 Å². The van der Waals surface area contributed by atoms with E-state index in [9.17, 15) is 9.59 Å². The van der Waals surface area contributed by atoms with Crippen molar-refractivity contribution < 1.29 is 14.7 Å². The normalized spacial score (nSPS) is 8.69. The van der Waals surface area contributed by atoms with Crippen molar-refractivity contribution in [2.24, 2.45) is 0 Å². The molecule has 0 bridgehead atoms. The highest BCUT2D eigenvalue weighted by molar-refractivity contribution is 9.10. The number of carboxylic acids is 1. The van der Waals surface area contributed by atoms with Gasteiger partial charge >= 0.3 is 11.9 Å². The molecule has 1 aromatic carbocycles. The molecule has 0 spiro atoms. The summed E-state index contributed by atoms with van der Waals surface area (Å²) in [7, 11) is 0. The first-order chi connectivity index (χ1) is 7.59. The van der Waals surface area contributed by atoms with E-state index in [1.54, 1.807) is 12.1 Å². The maximum Gasteiger partial charge on any atom is 0.394 e. The van der Waals surface area contributed by atoms with E-state index in [2.05, 4.69) is 21.2 Å². The predicted octanol–water partition coefficient (Wildman–Crippen LogP) is 2.18. The fourth-order valence-corrected chi connectivity index (χ4v) is 1.12. The average Bonchev–Trinajstić information content (AvgIpc) is 2.30. The third-order valence-electron chi connectivity index (χ3n) is 1.56. The van der Waals surface area contributed by atoms with Gasteiger partial charge in [-0.3, -0.25) is 4.79 Å². The number of amides is 1. The first-order valence-corrected chi connectivity index (χ1v) is 5.64. The number of carbonyl (C=O) groups excluding carboxylic acids is 1. The summed E-state index contributed by atoms with van der Waals surface area (Å²) in [6.45, 7) is 4.22. The standard InChI is InChI=1S/C9H8BrNO3.C2H6/c10-7-3-1-6(2-4-7)5-11-8(12)9(13)14;1-2/h1-4H,5H2,(H,11,12)(H,13,14);1-2H3. The van der Waals surface area contributed by atoms with Gasteiger partial charge < -0.3 is 10.4 Å². The van der Waals surface area contributed by atoms with Crippen molar-refractivity contribution in [3.63, 3.8) is 0 Å². The molecular weight excluding hydrogens is 274 g/mol. The molecule has 0 fully saturated rings. The monoisotopic (exact) mass is 287 g/mol. The van der Waals surface area contributed by atoms with E-state index in [1.807, 2.05) is 26.0 Å². The Bertz CT molecular complexity index is 349. The third kappa shape index (κ3) is 5.50. The van der Waals surface area contributed by atoms with Gasteiger partial charge in [-0.05, 0) is 17.7 Å². The zero-order chi connectivity index (χ0) is 12.6. The van der Waals surface area contributed by atoms with Gasteiger partial charge in [0.2, 0.25) is 0 Å². The minimum Gasteiger partial charge on any atom is -0.474 e. The molecule has 2 N–H and O–H groups in total. The van der Waals surface area contributed by atoms with Crippen molar-refractivity contribution in [3.05, 3.63) is 34.3 Å². The molecule has 1 rings (SSSR count). The number of benzene rings is 1. The maximum absolute atomic E-state index is 10.7. The molecule has 88 valence electrons. The molecule has 0 aromatic heterocycles. The summed E-state index contributed by atoms with van der Waals surface area (Å²) in [5.74, 6) is -2.46. The van der Waals surface area contributed by atoms with Crippen LogP contribution in [-0.2, 0) is 16.1 Å². The number of hydrogen-bond acceptors (Lipinski definition) is 2. The van der Waals surface area contributed by atoms with Gasteiger partial charge in [0.25, 0.3) is 0 Å². The smallest absolute Gasteiger partial charge is 0.394 e. The molecule has 4 nitrogen and oxygen atoms in total. The molecule has 0 saturated heterocycles. The summed E-state index contributed by atoms with van der Waals surface area (Å²) in [5.41, 5.74) is 0.850. The Labute approximate surface area is 103 Å². The van der Waals surface area contributed by atoms with Crippen LogP contribution in [0.25, 0.3) is 0 Å². The van der Waals surface area contributed by atoms with E-state index in [4.69, 9.17) is 5.11 Å². The Kier molecular flexibility index (Phi) is 7.20. The predicted molar refractivity (Wildman–Crippen MR) is 65.0 cm³/mol. The Morgan fingerprint density at radius 2 is 1.75 bits per heavy atom. The van der Waals surface area contributed by atoms with Gasteiger partial charge in [-0.1, -0.05) is 41.9 Å². The van der Waals surface area contributed by atoms with E-state index in [0.717, 1.165) is 10.0 Å².